The van der Waals surface area contributed by atoms with Crippen molar-refractivity contribution in [3.63, 3.8) is 0 Å². The summed E-state index contributed by atoms with van der Waals surface area (Å²) in [4.78, 5) is 37.9. The minimum Gasteiger partial charge on any atom is -0.483 e. The van der Waals surface area contributed by atoms with E-state index in [1.807, 2.05) is 13.8 Å². The molecule has 2 rings (SSSR count). The zero-order valence-corrected chi connectivity index (χ0v) is 18.1. The predicted molar refractivity (Wildman–Crippen MR) is 113 cm³/mol. The third-order valence-corrected chi connectivity index (χ3v) is 4.78. The highest BCUT2D eigenvalue weighted by Crippen LogP contribution is 2.26. The molecule has 0 fully saturated rings. The van der Waals surface area contributed by atoms with Gasteiger partial charge in [-0.2, -0.15) is 0 Å². The zero-order chi connectivity index (χ0) is 21.4. The topological polar surface area (TPSA) is 84.9 Å². The lowest BCUT2D eigenvalue weighted by molar-refractivity contribution is -0.118. The number of halogens is 1. The summed E-state index contributed by atoms with van der Waals surface area (Å²) < 4.78 is 10.7. The smallest absolute Gasteiger partial charge is 0.337 e. The van der Waals surface area contributed by atoms with Gasteiger partial charge in [0.1, 0.15) is 5.75 Å². The Balaban J connectivity index is 1.99. The molecule has 0 bridgehead atoms. The second-order valence-electron chi connectivity index (χ2n) is 6.03. The number of anilines is 1. The van der Waals surface area contributed by atoms with E-state index in [1.165, 1.54) is 7.11 Å². The van der Waals surface area contributed by atoms with Gasteiger partial charge in [0.25, 0.3) is 11.8 Å². The summed E-state index contributed by atoms with van der Waals surface area (Å²) in [5.74, 6) is -0.509. The molecule has 7 nitrogen and oxygen atoms in total. The molecule has 1 N–H and O–H groups in total. The van der Waals surface area contributed by atoms with Gasteiger partial charge in [0.05, 0.1) is 17.1 Å². The first-order valence-electron chi connectivity index (χ1n) is 9.09. The van der Waals surface area contributed by atoms with E-state index < -0.39 is 5.97 Å². The van der Waals surface area contributed by atoms with Crippen molar-refractivity contribution in [2.75, 3.05) is 32.1 Å². The maximum absolute atomic E-state index is 12.4. The average molecular weight is 463 g/mol. The number of carbonyl (C=O) groups excluding carboxylic acids is 3. The van der Waals surface area contributed by atoms with E-state index in [9.17, 15) is 14.4 Å². The fourth-order valence-electron chi connectivity index (χ4n) is 2.63. The number of esters is 1. The van der Waals surface area contributed by atoms with E-state index in [0.717, 1.165) is 0 Å². The summed E-state index contributed by atoms with van der Waals surface area (Å²) in [5, 5.41) is 2.72. The van der Waals surface area contributed by atoms with Crippen molar-refractivity contribution in [2.45, 2.75) is 13.8 Å². The molecule has 0 saturated carbocycles. The summed E-state index contributed by atoms with van der Waals surface area (Å²) in [6, 6.07) is 11.5. The number of rotatable bonds is 8. The number of nitrogens with one attached hydrogen (secondary N) is 1. The van der Waals surface area contributed by atoms with Gasteiger partial charge in [-0.25, -0.2) is 4.79 Å². The third kappa shape index (κ3) is 6.05. The van der Waals surface area contributed by atoms with Crippen molar-refractivity contribution in [3.05, 3.63) is 58.1 Å². The molecule has 0 aliphatic carbocycles. The Bertz CT molecular complexity index is 896. The van der Waals surface area contributed by atoms with Crippen LogP contribution in [-0.4, -0.2) is 49.5 Å². The monoisotopic (exact) mass is 462 g/mol. The first-order chi connectivity index (χ1) is 13.9. The Hall–Kier alpha value is -2.87. The molecule has 0 spiro atoms. The number of amides is 2. The third-order valence-electron chi connectivity index (χ3n) is 4.16. The van der Waals surface area contributed by atoms with E-state index in [1.54, 1.807) is 47.4 Å². The molecule has 8 heteroatoms. The van der Waals surface area contributed by atoms with Crippen molar-refractivity contribution in [3.8, 4) is 5.75 Å². The van der Waals surface area contributed by atoms with E-state index in [0.29, 0.717) is 40.1 Å². The number of nitrogens with zero attached hydrogens (tertiary/aromatic N) is 1. The van der Waals surface area contributed by atoms with Crippen molar-refractivity contribution >= 4 is 39.4 Å². The molecule has 2 amide bonds. The second-order valence-corrected chi connectivity index (χ2v) is 6.89. The first-order valence-corrected chi connectivity index (χ1v) is 9.88. The van der Waals surface area contributed by atoms with E-state index in [2.05, 4.69) is 26.0 Å². The predicted octanol–water partition coefficient (Wildman–Crippen LogP) is 3.74. The molecule has 0 saturated heterocycles. The molecule has 2 aromatic rings. The van der Waals surface area contributed by atoms with Gasteiger partial charge in [-0.05, 0) is 66.2 Å². The van der Waals surface area contributed by atoms with Gasteiger partial charge in [0.15, 0.2) is 6.61 Å². The first kappa shape index (κ1) is 22.4. The molecule has 0 aliphatic rings. The Kier molecular flexibility index (Phi) is 8.21. The van der Waals surface area contributed by atoms with Gasteiger partial charge in [-0.15, -0.1) is 0 Å². The molecule has 0 aromatic heterocycles. The van der Waals surface area contributed by atoms with Crippen LogP contribution in [0.1, 0.15) is 34.6 Å². The lowest BCUT2D eigenvalue weighted by atomic mass is 10.1. The van der Waals surface area contributed by atoms with Crippen LogP contribution in [-0.2, 0) is 9.53 Å². The summed E-state index contributed by atoms with van der Waals surface area (Å²) in [5.41, 5.74) is 1.39. The molecule has 0 radical (unpaired) electrons. The van der Waals surface area contributed by atoms with Gasteiger partial charge in [0.2, 0.25) is 0 Å². The molecular formula is C21H23BrN2O5. The van der Waals surface area contributed by atoms with Crippen molar-refractivity contribution < 1.29 is 23.9 Å². The van der Waals surface area contributed by atoms with E-state index in [4.69, 9.17) is 4.74 Å². The van der Waals surface area contributed by atoms with Gasteiger partial charge >= 0.3 is 5.97 Å². The highest BCUT2D eigenvalue weighted by atomic mass is 79.9. The van der Waals surface area contributed by atoms with Gasteiger partial charge < -0.3 is 19.7 Å². The quantitative estimate of drug-likeness (QED) is 0.603. The average Bonchev–Trinajstić information content (AvgIpc) is 2.73. The lowest BCUT2D eigenvalue weighted by Gasteiger charge is -2.19. The van der Waals surface area contributed by atoms with Crippen LogP contribution < -0.4 is 10.1 Å². The van der Waals surface area contributed by atoms with Crippen molar-refractivity contribution in [1.82, 2.24) is 4.90 Å². The van der Waals surface area contributed by atoms with E-state index >= 15 is 0 Å². The van der Waals surface area contributed by atoms with Gasteiger partial charge in [-0.3, -0.25) is 9.59 Å². The summed E-state index contributed by atoms with van der Waals surface area (Å²) in [7, 11) is 1.30. The van der Waals surface area contributed by atoms with Crippen LogP contribution in [0.25, 0.3) is 0 Å². The normalized spacial score (nSPS) is 10.2. The van der Waals surface area contributed by atoms with Crippen molar-refractivity contribution in [1.29, 1.82) is 0 Å². The van der Waals surface area contributed by atoms with Crippen LogP contribution in [0.3, 0.4) is 0 Å². The van der Waals surface area contributed by atoms with Crippen LogP contribution in [0.4, 0.5) is 5.69 Å². The van der Waals surface area contributed by atoms with Crippen LogP contribution in [0.15, 0.2) is 46.9 Å². The molecular weight excluding hydrogens is 440 g/mol. The van der Waals surface area contributed by atoms with Gasteiger partial charge in [-0.1, -0.05) is 6.07 Å². The Morgan fingerprint density at radius 1 is 1.03 bits per heavy atom. The summed E-state index contributed by atoms with van der Waals surface area (Å²) in [6.07, 6.45) is 0. The Morgan fingerprint density at radius 2 is 1.76 bits per heavy atom. The SMILES string of the molecule is CCN(CC)C(=O)c1cccc(NC(=O)COc2ccc(C(=O)OC)cc2Br)c1. The number of hydrogen-bond donors (Lipinski definition) is 1. The molecule has 154 valence electrons. The van der Waals surface area contributed by atoms with Gasteiger partial charge in [0, 0.05) is 24.3 Å². The molecule has 0 heterocycles. The molecule has 2 aromatic carbocycles. The number of carbonyl (C=O) groups is 3. The molecule has 29 heavy (non-hydrogen) atoms. The molecule has 0 aliphatic heterocycles. The van der Waals surface area contributed by atoms with E-state index in [-0.39, 0.29) is 18.4 Å². The van der Waals surface area contributed by atoms with Crippen LogP contribution in [0.2, 0.25) is 0 Å². The number of benzene rings is 2. The minimum atomic E-state index is -0.464. The number of ether oxygens (including phenoxy) is 2. The van der Waals surface area contributed by atoms with Crippen LogP contribution >= 0.6 is 15.9 Å². The zero-order valence-electron chi connectivity index (χ0n) is 16.5. The highest BCUT2D eigenvalue weighted by Gasteiger charge is 2.14. The minimum absolute atomic E-state index is 0.0861. The molecule has 0 atom stereocenters. The fourth-order valence-corrected chi connectivity index (χ4v) is 3.12. The Labute approximate surface area is 178 Å². The number of hydrogen-bond acceptors (Lipinski definition) is 5. The van der Waals surface area contributed by atoms with Crippen LogP contribution in [0.5, 0.6) is 5.75 Å². The highest BCUT2D eigenvalue weighted by molar-refractivity contribution is 9.10. The maximum Gasteiger partial charge on any atom is 0.337 e. The summed E-state index contributed by atoms with van der Waals surface area (Å²) >= 11 is 3.31. The van der Waals surface area contributed by atoms with Crippen LogP contribution in [0, 0.1) is 0 Å². The standard InChI is InChI=1S/C21H23BrN2O5/c1-4-24(5-2)20(26)14-7-6-8-16(11-14)23-19(25)13-29-18-10-9-15(12-17(18)22)21(27)28-3/h6-12H,4-5,13H2,1-3H3,(H,23,25). The second kappa shape index (κ2) is 10.6. The summed E-state index contributed by atoms with van der Waals surface area (Å²) in [6.45, 7) is 4.83. The largest absolute Gasteiger partial charge is 0.483 e. The lowest BCUT2D eigenvalue weighted by Crippen LogP contribution is -2.30. The molecule has 0 unspecified atom stereocenters. The maximum atomic E-state index is 12.4. The Morgan fingerprint density at radius 3 is 2.38 bits per heavy atom. The number of methoxy groups -OCH3 is 1. The van der Waals surface area contributed by atoms with Crippen molar-refractivity contribution in [2.24, 2.45) is 0 Å². The fraction of sp³-hybridized carbons (Fsp3) is 0.286.